The number of nitrogens with zero attached hydrogens (tertiary/aromatic N) is 1. The molecule has 1 atom stereocenters. The highest BCUT2D eigenvalue weighted by molar-refractivity contribution is 6.33. The molecule has 1 saturated carbocycles. The Hall–Kier alpha value is -1.59. The molecule has 2 aliphatic rings. The molecule has 6 heteroatoms. The molecule has 142 valence electrons. The molecule has 3 rings (SSSR count). The number of para-hydroxylation sites is 1. The van der Waals surface area contributed by atoms with E-state index in [1.807, 2.05) is 18.2 Å². The van der Waals surface area contributed by atoms with Crippen molar-refractivity contribution in [3.05, 3.63) is 29.3 Å². The summed E-state index contributed by atoms with van der Waals surface area (Å²) in [5.74, 6) is -0.442. The number of amides is 2. The van der Waals surface area contributed by atoms with Gasteiger partial charge in [-0.2, -0.15) is 0 Å². The predicted molar refractivity (Wildman–Crippen MR) is 102 cm³/mol. The lowest BCUT2D eigenvalue weighted by molar-refractivity contribution is -0.126. The third-order valence-corrected chi connectivity index (χ3v) is 5.48. The first kappa shape index (κ1) is 19.2. The summed E-state index contributed by atoms with van der Waals surface area (Å²) >= 11 is 6.17. The summed E-state index contributed by atoms with van der Waals surface area (Å²) < 4.78 is 5.87. The summed E-state index contributed by atoms with van der Waals surface area (Å²) in [4.78, 5) is 26.2. The van der Waals surface area contributed by atoms with Crippen molar-refractivity contribution in [3.8, 4) is 0 Å². The number of hydrogen-bond acceptors (Lipinski definition) is 3. The monoisotopic (exact) mass is 378 g/mol. The van der Waals surface area contributed by atoms with E-state index in [0.717, 1.165) is 19.3 Å². The average molecular weight is 379 g/mol. The molecule has 5 nitrogen and oxygen atoms in total. The molecule has 1 heterocycles. The van der Waals surface area contributed by atoms with Gasteiger partial charge in [-0.05, 0) is 31.4 Å². The van der Waals surface area contributed by atoms with E-state index in [-0.39, 0.29) is 24.2 Å². The Morgan fingerprint density at radius 3 is 2.77 bits per heavy atom. The van der Waals surface area contributed by atoms with Gasteiger partial charge in [0.25, 0.3) is 0 Å². The molecule has 1 aliphatic carbocycles. The molecule has 1 aliphatic heterocycles. The normalized spacial score (nSPS) is 21.2. The Morgan fingerprint density at radius 1 is 1.23 bits per heavy atom. The second kappa shape index (κ2) is 9.38. The maximum atomic E-state index is 12.4. The summed E-state index contributed by atoms with van der Waals surface area (Å²) in [6.45, 7) is 1.65. The van der Waals surface area contributed by atoms with E-state index >= 15 is 0 Å². The molecule has 0 aromatic heterocycles. The average Bonchev–Trinajstić information content (AvgIpc) is 3.04. The fourth-order valence-corrected chi connectivity index (χ4v) is 3.93. The number of nitrogens with one attached hydrogen (secondary N) is 1. The molecule has 1 saturated heterocycles. The fraction of sp³-hybridized carbons (Fsp3) is 0.600. The zero-order valence-electron chi connectivity index (χ0n) is 15.1. The molecular weight excluding hydrogens is 352 g/mol. The van der Waals surface area contributed by atoms with Crippen LogP contribution in [0.5, 0.6) is 0 Å². The summed E-state index contributed by atoms with van der Waals surface area (Å²) in [5, 5.41) is 3.47. The van der Waals surface area contributed by atoms with Gasteiger partial charge < -0.3 is 15.0 Å². The number of hydrogen-bond donors (Lipinski definition) is 1. The summed E-state index contributed by atoms with van der Waals surface area (Å²) in [7, 11) is 0. The van der Waals surface area contributed by atoms with Crippen LogP contribution in [0.2, 0.25) is 5.02 Å². The van der Waals surface area contributed by atoms with Crippen LogP contribution in [0.4, 0.5) is 5.69 Å². The minimum absolute atomic E-state index is 0.0566. The summed E-state index contributed by atoms with van der Waals surface area (Å²) in [6.07, 6.45) is 7.60. The van der Waals surface area contributed by atoms with E-state index < -0.39 is 0 Å². The third-order valence-electron chi connectivity index (χ3n) is 5.17. The van der Waals surface area contributed by atoms with Gasteiger partial charge in [0.15, 0.2) is 0 Å². The maximum Gasteiger partial charge on any atom is 0.227 e. The second-order valence-corrected chi connectivity index (χ2v) is 7.54. The molecule has 2 amide bonds. The van der Waals surface area contributed by atoms with Gasteiger partial charge in [0.2, 0.25) is 11.8 Å². The zero-order chi connectivity index (χ0) is 18.4. The highest BCUT2D eigenvalue weighted by Crippen LogP contribution is 2.31. The number of carbonyl (C=O) groups excluding carboxylic acids is 2. The maximum absolute atomic E-state index is 12.4. The number of benzene rings is 1. The van der Waals surface area contributed by atoms with E-state index in [1.165, 1.54) is 19.3 Å². The van der Waals surface area contributed by atoms with Gasteiger partial charge in [0.05, 0.1) is 22.7 Å². The second-order valence-electron chi connectivity index (χ2n) is 7.13. The molecule has 2 fully saturated rings. The summed E-state index contributed by atoms with van der Waals surface area (Å²) in [5.41, 5.74) is 0.676. The standard InChI is InChI=1S/C20H27ClN2O3/c21-17-9-4-5-10-18(17)23-14-15(13-19(23)24)20(25)22-11-6-12-26-16-7-2-1-3-8-16/h4-5,9-10,15-16H,1-3,6-8,11-14H2,(H,22,25). The van der Waals surface area contributed by atoms with E-state index in [0.29, 0.717) is 36.5 Å². The Bertz CT molecular complexity index is 631. The lowest BCUT2D eigenvalue weighted by Crippen LogP contribution is -2.34. The van der Waals surface area contributed by atoms with Crippen LogP contribution in [0.15, 0.2) is 24.3 Å². The Balaban J connectivity index is 1.38. The van der Waals surface area contributed by atoms with Crippen molar-refractivity contribution in [2.45, 2.75) is 51.0 Å². The van der Waals surface area contributed by atoms with Gasteiger partial charge in [-0.3, -0.25) is 9.59 Å². The van der Waals surface area contributed by atoms with E-state index in [1.54, 1.807) is 11.0 Å². The largest absolute Gasteiger partial charge is 0.378 e. The van der Waals surface area contributed by atoms with Crippen molar-refractivity contribution in [1.82, 2.24) is 5.32 Å². The highest BCUT2D eigenvalue weighted by atomic mass is 35.5. The molecule has 1 N–H and O–H groups in total. The molecule has 26 heavy (non-hydrogen) atoms. The smallest absolute Gasteiger partial charge is 0.227 e. The highest BCUT2D eigenvalue weighted by Gasteiger charge is 2.35. The van der Waals surface area contributed by atoms with Crippen molar-refractivity contribution in [2.75, 3.05) is 24.6 Å². The van der Waals surface area contributed by atoms with Gasteiger partial charge in [0.1, 0.15) is 0 Å². The third kappa shape index (κ3) is 4.98. The van der Waals surface area contributed by atoms with Crippen LogP contribution in [0.25, 0.3) is 0 Å². The quantitative estimate of drug-likeness (QED) is 0.738. The first-order chi connectivity index (χ1) is 12.6. The number of anilines is 1. The van der Waals surface area contributed by atoms with Crippen molar-refractivity contribution in [2.24, 2.45) is 5.92 Å². The van der Waals surface area contributed by atoms with Gasteiger partial charge >= 0.3 is 0 Å². The summed E-state index contributed by atoms with van der Waals surface area (Å²) in [6, 6.07) is 7.23. The van der Waals surface area contributed by atoms with Crippen LogP contribution in [-0.2, 0) is 14.3 Å². The Labute approximate surface area is 160 Å². The molecule has 1 aromatic rings. The number of rotatable bonds is 7. The van der Waals surface area contributed by atoms with E-state index in [9.17, 15) is 9.59 Å². The topological polar surface area (TPSA) is 58.6 Å². The fourth-order valence-electron chi connectivity index (χ4n) is 3.70. The van der Waals surface area contributed by atoms with Crippen LogP contribution in [0.3, 0.4) is 0 Å². The molecule has 0 bridgehead atoms. The van der Waals surface area contributed by atoms with E-state index in [2.05, 4.69) is 5.32 Å². The number of ether oxygens (including phenoxy) is 1. The molecule has 0 spiro atoms. The van der Waals surface area contributed by atoms with Crippen LogP contribution in [-0.4, -0.2) is 37.6 Å². The molecule has 1 unspecified atom stereocenters. The van der Waals surface area contributed by atoms with Crippen molar-refractivity contribution < 1.29 is 14.3 Å². The molecular formula is C20H27ClN2O3. The van der Waals surface area contributed by atoms with Crippen molar-refractivity contribution in [3.63, 3.8) is 0 Å². The lowest BCUT2D eigenvalue weighted by atomic mass is 9.98. The first-order valence-corrected chi connectivity index (χ1v) is 9.97. The minimum Gasteiger partial charge on any atom is -0.378 e. The van der Waals surface area contributed by atoms with Crippen molar-refractivity contribution >= 4 is 29.1 Å². The predicted octanol–water partition coefficient (Wildman–Crippen LogP) is 3.55. The molecule has 1 aromatic carbocycles. The Morgan fingerprint density at radius 2 is 2.00 bits per heavy atom. The number of halogens is 1. The number of carbonyl (C=O) groups is 2. The van der Waals surface area contributed by atoms with Crippen LogP contribution >= 0.6 is 11.6 Å². The van der Waals surface area contributed by atoms with Gasteiger partial charge in [-0.1, -0.05) is 43.0 Å². The molecule has 0 radical (unpaired) electrons. The van der Waals surface area contributed by atoms with Crippen molar-refractivity contribution in [1.29, 1.82) is 0 Å². The van der Waals surface area contributed by atoms with Gasteiger partial charge in [0, 0.05) is 26.1 Å². The van der Waals surface area contributed by atoms with Crippen LogP contribution in [0, 0.1) is 5.92 Å². The zero-order valence-corrected chi connectivity index (χ0v) is 15.8. The Kier molecular flexibility index (Phi) is 6.92. The van der Waals surface area contributed by atoms with Crippen LogP contribution in [0.1, 0.15) is 44.9 Å². The first-order valence-electron chi connectivity index (χ1n) is 9.59. The van der Waals surface area contributed by atoms with E-state index in [4.69, 9.17) is 16.3 Å². The SMILES string of the molecule is O=C(NCCCOC1CCCCC1)C1CC(=O)N(c2ccccc2Cl)C1. The van der Waals surface area contributed by atoms with Crippen LogP contribution < -0.4 is 10.2 Å². The van der Waals surface area contributed by atoms with Gasteiger partial charge in [-0.15, -0.1) is 0 Å². The lowest BCUT2D eigenvalue weighted by Gasteiger charge is -2.22. The minimum atomic E-state index is -0.321. The van der Waals surface area contributed by atoms with Gasteiger partial charge in [-0.25, -0.2) is 0 Å².